The minimum atomic E-state index is 0.0506. The van der Waals surface area contributed by atoms with Gasteiger partial charge in [-0.1, -0.05) is 19.3 Å². The first-order valence-electron chi connectivity index (χ1n) is 6.11. The summed E-state index contributed by atoms with van der Waals surface area (Å²) >= 11 is 0. The summed E-state index contributed by atoms with van der Waals surface area (Å²) in [5, 5.41) is 15.0. The Hall–Kier alpha value is -1.08. The van der Waals surface area contributed by atoms with Crippen molar-refractivity contribution in [3.63, 3.8) is 0 Å². The highest BCUT2D eigenvalue weighted by Crippen LogP contribution is 2.22. The molecule has 0 aromatic heterocycles. The molecule has 2 atom stereocenters. The Morgan fingerprint density at radius 1 is 1.38 bits per heavy atom. The molecule has 4 heteroatoms. The highest BCUT2D eigenvalue weighted by molar-refractivity contribution is 5.75. The van der Waals surface area contributed by atoms with Crippen molar-refractivity contribution in [2.75, 3.05) is 13.6 Å². The van der Waals surface area contributed by atoms with Crippen LogP contribution in [0.15, 0.2) is 0 Å². The molecule has 0 bridgehead atoms. The van der Waals surface area contributed by atoms with Crippen LogP contribution in [0.3, 0.4) is 0 Å². The fourth-order valence-corrected chi connectivity index (χ4v) is 2.20. The third kappa shape index (κ3) is 4.19. The normalized spacial score (nSPS) is 25.5. The second-order valence-electron chi connectivity index (χ2n) is 4.36. The van der Waals surface area contributed by atoms with Crippen molar-refractivity contribution in [1.29, 1.82) is 5.26 Å². The van der Waals surface area contributed by atoms with Crippen molar-refractivity contribution in [2.45, 2.75) is 44.6 Å². The minimum Gasteiger partial charge on any atom is -0.359 e. The smallest absolute Gasteiger partial charge is 0.221 e. The van der Waals surface area contributed by atoms with E-state index in [1.807, 2.05) is 0 Å². The zero-order valence-corrected chi connectivity index (χ0v) is 9.96. The summed E-state index contributed by atoms with van der Waals surface area (Å²) in [5.74, 6) is 0.168. The van der Waals surface area contributed by atoms with Crippen LogP contribution in [0.25, 0.3) is 0 Å². The number of hydrogen-bond acceptors (Lipinski definition) is 3. The van der Waals surface area contributed by atoms with Crippen molar-refractivity contribution in [3.05, 3.63) is 0 Å². The van der Waals surface area contributed by atoms with Gasteiger partial charge < -0.3 is 10.6 Å². The van der Waals surface area contributed by atoms with Crippen molar-refractivity contribution in [2.24, 2.45) is 5.92 Å². The largest absolute Gasteiger partial charge is 0.359 e. The Balaban J connectivity index is 2.32. The third-order valence-electron chi connectivity index (χ3n) is 3.22. The number of amides is 1. The molecule has 90 valence electrons. The van der Waals surface area contributed by atoms with Gasteiger partial charge in [-0.3, -0.25) is 4.79 Å². The van der Waals surface area contributed by atoms with Crippen molar-refractivity contribution < 1.29 is 4.79 Å². The van der Waals surface area contributed by atoms with Crippen molar-refractivity contribution in [3.8, 4) is 6.07 Å². The van der Waals surface area contributed by atoms with Crippen LogP contribution in [0.4, 0.5) is 0 Å². The molecule has 1 aliphatic rings. The van der Waals surface area contributed by atoms with E-state index in [1.54, 1.807) is 7.05 Å². The topological polar surface area (TPSA) is 64.9 Å². The Morgan fingerprint density at radius 3 is 2.81 bits per heavy atom. The molecule has 1 rings (SSSR count). The van der Waals surface area contributed by atoms with Crippen LogP contribution in [-0.2, 0) is 4.79 Å². The monoisotopic (exact) mass is 223 g/mol. The summed E-state index contributed by atoms with van der Waals surface area (Å²) in [6.45, 7) is 0.669. The SMILES string of the molecule is CNC(=O)CCNC1CCCCCC1C#N. The predicted molar refractivity (Wildman–Crippen MR) is 62.7 cm³/mol. The van der Waals surface area contributed by atoms with Crippen LogP contribution in [0.5, 0.6) is 0 Å². The van der Waals surface area contributed by atoms with E-state index in [0.29, 0.717) is 13.0 Å². The predicted octanol–water partition coefficient (Wildman–Crippen LogP) is 1.18. The molecule has 1 aliphatic carbocycles. The second kappa shape index (κ2) is 7.24. The van der Waals surface area contributed by atoms with Gasteiger partial charge in [0.1, 0.15) is 0 Å². The molecular formula is C12H21N3O. The van der Waals surface area contributed by atoms with Crippen LogP contribution >= 0.6 is 0 Å². The van der Waals surface area contributed by atoms with E-state index in [1.165, 1.54) is 12.8 Å². The molecule has 0 aromatic carbocycles. The highest BCUT2D eigenvalue weighted by atomic mass is 16.1. The number of nitrogens with one attached hydrogen (secondary N) is 2. The maximum absolute atomic E-state index is 11.1. The first-order chi connectivity index (χ1) is 7.77. The Morgan fingerprint density at radius 2 is 2.12 bits per heavy atom. The molecule has 1 fully saturated rings. The van der Waals surface area contributed by atoms with Gasteiger partial charge in [0.05, 0.1) is 12.0 Å². The quantitative estimate of drug-likeness (QED) is 0.703. The molecule has 0 spiro atoms. The fraction of sp³-hybridized carbons (Fsp3) is 0.833. The average Bonchev–Trinajstić information content (AvgIpc) is 2.53. The summed E-state index contributed by atoms with van der Waals surface area (Å²) in [6, 6.07) is 2.66. The average molecular weight is 223 g/mol. The van der Waals surface area contributed by atoms with Gasteiger partial charge in [0, 0.05) is 26.1 Å². The zero-order valence-electron chi connectivity index (χ0n) is 9.96. The molecule has 1 amide bonds. The van der Waals surface area contributed by atoms with Crippen LogP contribution in [0.2, 0.25) is 0 Å². The van der Waals surface area contributed by atoms with Gasteiger partial charge in [0.25, 0.3) is 0 Å². The van der Waals surface area contributed by atoms with E-state index in [9.17, 15) is 4.79 Å². The van der Waals surface area contributed by atoms with Gasteiger partial charge in [0.15, 0.2) is 0 Å². The standard InChI is InChI=1S/C12H21N3O/c1-14-12(16)7-8-15-11-6-4-2-3-5-10(11)9-13/h10-11,15H,2-8H2,1H3,(H,14,16). The van der Waals surface area contributed by atoms with Gasteiger partial charge in [0.2, 0.25) is 5.91 Å². The highest BCUT2D eigenvalue weighted by Gasteiger charge is 2.22. The number of rotatable bonds is 4. The van der Waals surface area contributed by atoms with E-state index < -0.39 is 0 Å². The van der Waals surface area contributed by atoms with E-state index in [0.717, 1.165) is 19.3 Å². The summed E-state index contributed by atoms with van der Waals surface area (Å²) in [5.41, 5.74) is 0. The number of hydrogen-bond donors (Lipinski definition) is 2. The molecule has 0 heterocycles. The Kier molecular flexibility index (Phi) is 5.87. The van der Waals surface area contributed by atoms with Crippen LogP contribution in [0, 0.1) is 17.2 Å². The van der Waals surface area contributed by atoms with Crippen LogP contribution in [0.1, 0.15) is 38.5 Å². The first kappa shape index (κ1) is 13.0. The molecule has 4 nitrogen and oxygen atoms in total. The van der Waals surface area contributed by atoms with E-state index in [-0.39, 0.29) is 17.9 Å². The first-order valence-corrected chi connectivity index (χ1v) is 6.11. The summed E-state index contributed by atoms with van der Waals surface area (Å²) in [4.78, 5) is 11.1. The molecule has 2 N–H and O–H groups in total. The number of nitriles is 1. The molecule has 0 aliphatic heterocycles. The van der Waals surface area contributed by atoms with Crippen LogP contribution < -0.4 is 10.6 Å². The van der Waals surface area contributed by atoms with Crippen molar-refractivity contribution in [1.82, 2.24) is 10.6 Å². The second-order valence-corrected chi connectivity index (χ2v) is 4.36. The molecule has 0 radical (unpaired) electrons. The van der Waals surface area contributed by atoms with Gasteiger partial charge in [-0.05, 0) is 12.8 Å². The summed E-state index contributed by atoms with van der Waals surface area (Å²) in [7, 11) is 1.64. The lowest BCUT2D eigenvalue weighted by Gasteiger charge is -2.20. The fourth-order valence-electron chi connectivity index (χ4n) is 2.20. The van der Waals surface area contributed by atoms with E-state index in [2.05, 4.69) is 16.7 Å². The zero-order chi connectivity index (χ0) is 11.8. The number of carbonyl (C=O) groups excluding carboxylic acids is 1. The Labute approximate surface area is 97.4 Å². The molecule has 2 unspecified atom stereocenters. The summed E-state index contributed by atoms with van der Waals surface area (Å²) < 4.78 is 0. The van der Waals surface area contributed by atoms with Gasteiger partial charge in [-0.15, -0.1) is 0 Å². The van der Waals surface area contributed by atoms with Gasteiger partial charge in [-0.2, -0.15) is 5.26 Å². The van der Waals surface area contributed by atoms with Gasteiger partial charge >= 0.3 is 0 Å². The molecule has 1 saturated carbocycles. The van der Waals surface area contributed by atoms with Crippen LogP contribution in [-0.4, -0.2) is 25.5 Å². The maximum atomic E-state index is 11.1. The lowest BCUT2D eigenvalue weighted by atomic mass is 9.96. The minimum absolute atomic E-state index is 0.0506. The molecular weight excluding hydrogens is 202 g/mol. The lowest BCUT2D eigenvalue weighted by Crippen LogP contribution is -2.37. The molecule has 0 saturated heterocycles. The Bertz CT molecular complexity index is 259. The van der Waals surface area contributed by atoms with E-state index >= 15 is 0 Å². The molecule has 16 heavy (non-hydrogen) atoms. The maximum Gasteiger partial charge on any atom is 0.221 e. The van der Waals surface area contributed by atoms with Crippen molar-refractivity contribution >= 4 is 5.91 Å². The van der Waals surface area contributed by atoms with Gasteiger partial charge in [-0.25, -0.2) is 0 Å². The van der Waals surface area contributed by atoms with E-state index in [4.69, 9.17) is 5.26 Å². The third-order valence-corrected chi connectivity index (χ3v) is 3.22. The number of carbonyl (C=O) groups is 1. The lowest BCUT2D eigenvalue weighted by molar-refractivity contribution is -0.120. The number of nitrogens with zero attached hydrogens (tertiary/aromatic N) is 1. The molecule has 0 aromatic rings. The summed E-state index contributed by atoms with van der Waals surface area (Å²) in [6.07, 6.45) is 6.12.